The second-order valence-electron chi connectivity index (χ2n) is 4.12. The highest BCUT2D eigenvalue weighted by molar-refractivity contribution is 5.88. The second-order valence-corrected chi connectivity index (χ2v) is 4.12. The maximum Gasteiger partial charge on any atom is 0.326 e. The third kappa shape index (κ3) is 4.90. The number of hydrogen-bond acceptors (Lipinski definition) is 5. The van der Waals surface area contributed by atoms with Gasteiger partial charge in [0.05, 0.1) is 17.8 Å². The van der Waals surface area contributed by atoms with Crippen LogP contribution in [0.15, 0.2) is 24.3 Å². The van der Waals surface area contributed by atoms with Gasteiger partial charge in [0, 0.05) is 11.6 Å². The van der Waals surface area contributed by atoms with Crippen molar-refractivity contribution in [3.63, 3.8) is 0 Å². The van der Waals surface area contributed by atoms with E-state index in [1.807, 2.05) is 5.32 Å². The minimum absolute atomic E-state index is 0.111. The maximum atomic E-state index is 11.7. The highest BCUT2D eigenvalue weighted by Gasteiger charge is 2.24. The molecule has 1 unspecified atom stereocenters. The molecule has 0 aliphatic heterocycles. The quantitative estimate of drug-likeness (QED) is 0.480. The van der Waals surface area contributed by atoms with Gasteiger partial charge in [0.1, 0.15) is 6.04 Å². The predicted molar refractivity (Wildman–Crippen MR) is 68.6 cm³/mol. The number of hydrogen-bond donors (Lipinski definition) is 3. The van der Waals surface area contributed by atoms with Crippen LogP contribution in [0, 0.1) is 10.1 Å². The highest BCUT2D eigenvalue weighted by Crippen LogP contribution is 2.18. The van der Waals surface area contributed by atoms with Gasteiger partial charge in [-0.2, -0.15) is 0 Å². The zero-order valence-electron chi connectivity index (χ0n) is 10.7. The molecule has 1 rings (SSSR count). The Kier molecular flexibility index (Phi) is 5.35. The second kappa shape index (κ2) is 6.98. The lowest BCUT2D eigenvalue weighted by Crippen LogP contribution is -2.42. The van der Waals surface area contributed by atoms with Crippen molar-refractivity contribution < 1.29 is 29.5 Å². The topological polar surface area (TPSA) is 147 Å². The molecule has 0 aliphatic rings. The number of nitrogens with zero attached hydrogens (tertiary/aromatic N) is 1. The molecule has 1 aromatic rings. The first-order chi connectivity index (χ1) is 9.81. The zero-order chi connectivity index (χ0) is 16.0. The monoisotopic (exact) mass is 296 g/mol. The van der Waals surface area contributed by atoms with Crippen LogP contribution >= 0.6 is 0 Å². The number of nitro groups is 1. The average molecular weight is 296 g/mol. The van der Waals surface area contributed by atoms with Gasteiger partial charge in [-0.3, -0.25) is 19.7 Å². The molecule has 0 radical (unpaired) electrons. The number of carbonyl (C=O) groups is 3. The van der Waals surface area contributed by atoms with Crippen molar-refractivity contribution in [3.05, 3.63) is 39.9 Å². The van der Waals surface area contributed by atoms with E-state index in [1.54, 1.807) is 0 Å². The average Bonchev–Trinajstić information content (AvgIpc) is 2.37. The van der Waals surface area contributed by atoms with Crippen molar-refractivity contribution in [2.45, 2.75) is 18.9 Å². The summed E-state index contributed by atoms with van der Waals surface area (Å²) in [5.74, 6) is -3.68. The summed E-state index contributed by atoms with van der Waals surface area (Å²) < 4.78 is 0. The largest absolute Gasteiger partial charge is 0.481 e. The molecule has 1 amide bonds. The van der Waals surface area contributed by atoms with E-state index in [-0.39, 0.29) is 11.3 Å². The van der Waals surface area contributed by atoms with E-state index in [2.05, 4.69) is 0 Å². The highest BCUT2D eigenvalue weighted by atomic mass is 16.6. The van der Waals surface area contributed by atoms with Gasteiger partial charge >= 0.3 is 11.9 Å². The molecule has 0 spiro atoms. The van der Waals surface area contributed by atoms with Crippen molar-refractivity contribution in [1.82, 2.24) is 5.32 Å². The summed E-state index contributed by atoms with van der Waals surface area (Å²) in [5.41, 5.74) is -0.155. The molecular weight excluding hydrogens is 284 g/mol. The fourth-order valence-corrected chi connectivity index (χ4v) is 1.63. The molecular formula is C12H12N2O7. The van der Waals surface area contributed by atoms with Crippen molar-refractivity contribution in [2.75, 3.05) is 0 Å². The van der Waals surface area contributed by atoms with E-state index >= 15 is 0 Å². The van der Waals surface area contributed by atoms with Crippen molar-refractivity contribution in [2.24, 2.45) is 0 Å². The van der Waals surface area contributed by atoms with Crippen molar-refractivity contribution in [3.8, 4) is 0 Å². The third-order valence-corrected chi connectivity index (χ3v) is 2.55. The Morgan fingerprint density at radius 3 is 2.38 bits per heavy atom. The molecule has 3 N–H and O–H groups in total. The summed E-state index contributed by atoms with van der Waals surface area (Å²) >= 11 is 0. The van der Waals surface area contributed by atoms with Gasteiger partial charge in [-0.1, -0.05) is 18.2 Å². The van der Waals surface area contributed by atoms with E-state index in [4.69, 9.17) is 10.2 Å². The zero-order valence-corrected chi connectivity index (χ0v) is 10.7. The van der Waals surface area contributed by atoms with E-state index in [1.165, 1.54) is 24.3 Å². The van der Waals surface area contributed by atoms with Crippen molar-refractivity contribution in [1.29, 1.82) is 0 Å². The smallest absolute Gasteiger partial charge is 0.326 e. The molecule has 0 fully saturated rings. The van der Waals surface area contributed by atoms with Crippen LogP contribution in [0.25, 0.3) is 0 Å². The molecule has 0 bridgehead atoms. The Morgan fingerprint density at radius 2 is 1.86 bits per heavy atom. The number of rotatable bonds is 7. The van der Waals surface area contributed by atoms with Gasteiger partial charge in [-0.05, 0) is 0 Å². The van der Waals surface area contributed by atoms with Crippen molar-refractivity contribution >= 4 is 23.5 Å². The normalized spacial score (nSPS) is 11.4. The number of aliphatic carboxylic acids is 2. The van der Waals surface area contributed by atoms with Crippen LogP contribution in [0.1, 0.15) is 12.0 Å². The molecule has 1 atom stereocenters. The summed E-state index contributed by atoms with van der Waals surface area (Å²) in [5, 5.41) is 30.1. The number of nitrogens with one attached hydrogen (secondary N) is 1. The summed E-state index contributed by atoms with van der Waals surface area (Å²) in [6.07, 6.45) is -1.20. The predicted octanol–water partition coefficient (Wildman–Crippen LogP) is 0.181. The lowest BCUT2D eigenvalue weighted by atomic mass is 10.1. The van der Waals surface area contributed by atoms with E-state index in [0.29, 0.717) is 0 Å². The first kappa shape index (κ1) is 16.1. The third-order valence-electron chi connectivity index (χ3n) is 2.55. The number of carboxylic acid groups (broad SMARTS) is 2. The number of para-hydroxylation sites is 1. The molecule has 9 heteroatoms. The molecule has 112 valence electrons. The number of carboxylic acids is 2. The number of benzene rings is 1. The molecule has 0 saturated carbocycles. The molecule has 21 heavy (non-hydrogen) atoms. The fraction of sp³-hybridized carbons (Fsp3) is 0.250. The first-order valence-electron chi connectivity index (χ1n) is 5.77. The molecule has 1 aromatic carbocycles. The lowest BCUT2D eigenvalue weighted by molar-refractivity contribution is -0.385. The Balaban J connectivity index is 2.79. The number of amides is 1. The van der Waals surface area contributed by atoms with Crippen LogP contribution in [0.2, 0.25) is 0 Å². The summed E-state index contributed by atoms with van der Waals surface area (Å²) in [7, 11) is 0. The maximum absolute atomic E-state index is 11.7. The number of nitro benzene ring substituents is 1. The SMILES string of the molecule is O=C(O)CC(NC(=O)Cc1ccccc1[N+](=O)[O-])C(=O)O. The Bertz CT molecular complexity index is 585. The van der Waals surface area contributed by atoms with E-state index in [0.717, 1.165) is 0 Å². The van der Waals surface area contributed by atoms with E-state index < -0.39 is 41.7 Å². The summed E-state index contributed by atoms with van der Waals surface area (Å²) in [6.45, 7) is 0. The molecule has 0 aromatic heterocycles. The van der Waals surface area contributed by atoms with E-state index in [9.17, 15) is 24.5 Å². The minimum Gasteiger partial charge on any atom is -0.481 e. The Morgan fingerprint density at radius 1 is 1.24 bits per heavy atom. The summed E-state index contributed by atoms with van der Waals surface area (Å²) in [6, 6.07) is 3.93. The standard InChI is InChI=1S/C12H12N2O7/c15-10(13-8(12(18)19)6-11(16)17)5-7-3-1-2-4-9(7)14(20)21/h1-4,8H,5-6H2,(H,13,15)(H,16,17)(H,18,19). The lowest BCUT2D eigenvalue weighted by Gasteiger charge is -2.12. The summed E-state index contributed by atoms with van der Waals surface area (Å²) in [4.78, 5) is 43.1. The van der Waals surface area contributed by atoms with Crippen LogP contribution in [0.3, 0.4) is 0 Å². The van der Waals surface area contributed by atoms with Gasteiger partial charge in [0.25, 0.3) is 5.69 Å². The van der Waals surface area contributed by atoms with Gasteiger partial charge in [-0.25, -0.2) is 4.79 Å². The van der Waals surface area contributed by atoms with Crippen LogP contribution in [0.4, 0.5) is 5.69 Å². The molecule has 0 saturated heterocycles. The van der Waals surface area contributed by atoms with Gasteiger partial charge in [0.2, 0.25) is 5.91 Å². The van der Waals surface area contributed by atoms with Crippen LogP contribution in [0.5, 0.6) is 0 Å². The van der Waals surface area contributed by atoms with Crippen LogP contribution in [-0.4, -0.2) is 39.0 Å². The fourth-order valence-electron chi connectivity index (χ4n) is 1.63. The van der Waals surface area contributed by atoms with Crippen LogP contribution < -0.4 is 5.32 Å². The number of carbonyl (C=O) groups excluding carboxylic acids is 1. The first-order valence-corrected chi connectivity index (χ1v) is 5.77. The van der Waals surface area contributed by atoms with Gasteiger partial charge in [0.15, 0.2) is 0 Å². The minimum atomic E-state index is -1.59. The van der Waals surface area contributed by atoms with Gasteiger partial charge in [-0.15, -0.1) is 0 Å². The van der Waals surface area contributed by atoms with Crippen LogP contribution in [-0.2, 0) is 20.8 Å². The molecule has 0 aliphatic carbocycles. The Labute approximate surface area is 118 Å². The Hall–Kier alpha value is -2.97. The molecule has 0 heterocycles. The van der Waals surface area contributed by atoms with Gasteiger partial charge < -0.3 is 15.5 Å². The molecule has 9 nitrogen and oxygen atoms in total.